The van der Waals surface area contributed by atoms with E-state index in [2.05, 4.69) is 23.8 Å². The smallest absolute Gasteiger partial charge is 0.240 e. The van der Waals surface area contributed by atoms with Crippen molar-refractivity contribution in [2.75, 3.05) is 13.1 Å². The molecule has 1 amide bonds. The molecule has 0 bridgehead atoms. The van der Waals surface area contributed by atoms with Crippen molar-refractivity contribution >= 4 is 5.91 Å². The Morgan fingerprint density at radius 1 is 1.27 bits per heavy atom. The molecule has 0 unspecified atom stereocenters. The molecule has 1 aliphatic carbocycles. The van der Waals surface area contributed by atoms with E-state index in [1.165, 1.54) is 0 Å². The lowest BCUT2D eigenvalue weighted by atomic mass is 10.2. The molecule has 3 heteroatoms. The molecule has 1 saturated heterocycles. The fraction of sp³-hybridized carbons (Fsp3) is 0.625. The van der Waals surface area contributed by atoms with Gasteiger partial charge in [-0.3, -0.25) is 4.79 Å². The highest BCUT2D eigenvalue weighted by Crippen LogP contribution is 2.36. The Labute approximate surface area is 66.9 Å². The third-order valence-electron chi connectivity index (χ3n) is 2.06. The Balaban J connectivity index is 0.000000281. The lowest BCUT2D eigenvalue weighted by Crippen LogP contribution is -2.54. The molecule has 2 fully saturated rings. The van der Waals surface area contributed by atoms with Crippen molar-refractivity contribution < 1.29 is 4.79 Å². The van der Waals surface area contributed by atoms with E-state index >= 15 is 0 Å². The standard InChI is InChI=1S/C6H10N2O.C2H4/c9-5-6(1-2-6)8-4-3-7-5;1-2/h8H,1-4H2,(H,7,9);1-2H2. The molecule has 1 aliphatic heterocycles. The minimum Gasteiger partial charge on any atom is -0.353 e. The first-order valence-corrected chi connectivity index (χ1v) is 3.87. The molecule has 2 N–H and O–H groups in total. The van der Waals surface area contributed by atoms with Crippen LogP contribution in [-0.4, -0.2) is 24.5 Å². The SMILES string of the molecule is C=C.O=C1NCCNC12CC2. The Morgan fingerprint density at radius 2 is 1.91 bits per heavy atom. The Kier molecular flexibility index (Phi) is 2.29. The number of amides is 1. The normalized spacial score (nSPS) is 24.9. The van der Waals surface area contributed by atoms with Crippen LogP contribution >= 0.6 is 0 Å². The van der Waals surface area contributed by atoms with E-state index in [1.807, 2.05) is 0 Å². The van der Waals surface area contributed by atoms with Crippen LogP contribution in [0.25, 0.3) is 0 Å². The fourth-order valence-corrected chi connectivity index (χ4v) is 1.26. The number of hydrogen-bond donors (Lipinski definition) is 2. The molecule has 1 heterocycles. The second-order valence-corrected chi connectivity index (χ2v) is 2.76. The molecule has 0 aromatic carbocycles. The van der Waals surface area contributed by atoms with E-state index in [4.69, 9.17) is 0 Å². The minimum atomic E-state index is -0.113. The summed E-state index contributed by atoms with van der Waals surface area (Å²) in [4.78, 5) is 11.0. The highest BCUT2D eigenvalue weighted by molar-refractivity contribution is 5.89. The van der Waals surface area contributed by atoms with Crippen LogP contribution in [0, 0.1) is 0 Å². The third-order valence-corrected chi connectivity index (χ3v) is 2.06. The second kappa shape index (κ2) is 3.05. The Bertz CT molecular complexity index is 163. The van der Waals surface area contributed by atoms with E-state index in [0.29, 0.717) is 0 Å². The highest BCUT2D eigenvalue weighted by atomic mass is 16.2. The van der Waals surface area contributed by atoms with E-state index < -0.39 is 0 Å². The summed E-state index contributed by atoms with van der Waals surface area (Å²) in [6.07, 6.45) is 2.05. The predicted octanol–water partition coefficient (Wildman–Crippen LogP) is 0.0406. The van der Waals surface area contributed by atoms with E-state index in [-0.39, 0.29) is 11.4 Å². The summed E-state index contributed by atoms with van der Waals surface area (Å²) < 4.78 is 0. The molecule has 1 saturated carbocycles. The minimum absolute atomic E-state index is 0.113. The molecular formula is C8H14N2O. The van der Waals surface area contributed by atoms with Crippen molar-refractivity contribution in [3.8, 4) is 0 Å². The summed E-state index contributed by atoms with van der Waals surface area (Å²) >= 11 is 0. The van der Waals surface area contributed by atoms with Crippen LogP contribution in [-0.2, 0) is 4.79 Å². The number of nitrogens with one attached hydrogen (secondary N) is 2. The number of carbonyl (C=O) groups excluding carboxylic acids is 1. The average Bonchev–Trinajstić information content (AvgIpc) is 2.82. The zero-order valence-corrected chi connectivity index (χ0v) is 6.65. The molecule has 0 radical (unpaired) electrons. The van der Waals surface area contributed by atoms with Crippen LogP contribution in [0.3, 0.4) is 0 Å². The van der Waals surface area contributed by atoms with Gasteiger partial charge in [0.05, 0.1) is 5.54 Å². The first-order valence-electron chi connectivity index (χ1n) is 3.87. The summed E-state index contributed by atoms with van der Waals surface area (Å²) in [5, 5.41) is 6.04. The topological polar surface area (TPSA) is 41.1 Å². The summed E-state index contributed by atoms with van der Waals surface area (Å²) in [5.74, 6) is 0.203. The molecule has 1 spiro atoms. The van der Waals surface area contributed by atoms with Crippen LogP contribution < -0.4 is 10.6 Å². The molecule has 62 valence electrons. The molecule has 0 aromatic heterocycles. The number of hydrogen-bond acceptors (Lipinski definition) is 2. The largest absolute Gasteiger partial charge is 0.353 e. The monoisotopic (exact) mass is 154 g/mol. The number of piperazine rings is 1. The zero-order chi connectivity index (χ0) is 8.32. The van der Waals surface area contributed by atoms with Crippen LogP contribution in [0.2, 0.25) is 0 Å². The van der Waals surface area contributed by atoms with Gasteiger partial charge in [0, 0.05) is 13.1 Å². The van der Waals surface area contributed by atoms with Gasteiger partial charge in [-0.2, -0.15) is 0 Å². The Morgan fingerprint density at radius 3 is 2.27 bits per heavy atom. The van der Waals surface area contributed by atoms with Crippen molar-refractivity contribution in [2.24, 2.45) is 0 Å². The van der Waals surface area contributed by atoms with Crippen molar-refractivity contribution in [2.45, 2.75) is 18.4 Å². The zero-order valence-electron chi connectivity index (χ0n) is 6.65. The maximum absolute atomic E-state index is 11.0. The van der Waals surface area contributed by atoms with Crippen LogP contribution in [0.4, 0.5) is 0 Å². The molecule has 11 heavy (non-hydrogen) atoms. The van der Waals surface area contributed by atoms with Gasteiger partial charge in [-0.1, -0.05) is 0 Å². The van der Waals surface area contributed by atoms with Gasteiger partial charge >= 0.3 is 0 Å². The van der Waals surface area contributed by atoms with E-state index in [9.17, 15) is 4.79 Å². The predicted molar refractivity (Wildman–Crippen MR) is 44.2 cm³/mol. The summed E-state index contributed by atoms with van der Waals surface area (Å²) in [5.41, 5.74) is -0.113. The van der Waals surface area contributed by atoms with E-state index in [1.54, 1.807) is 0 Å². The molecule has 0 atom stereocenters. The van der Waals surface area contributed by atoms with Crippen molar-refractivity contribution in [3.63, 3.8) is 0 Å². The lowest BCUT2D eigenvalue weighted by Gasteiger charge is -2.22. The van der Waals surface area contributed by atoms with Crippen LogP contribution in [0.15, 0.2) is 13.2 Å². The quantitative estimate of drug-likeness (QED) is 0.484. The third kappa shape index (κ3) is 1.43. The van der Waals surface area contributed by atoms with Crippen LogP contribution in [0.5, 0.6) is 0 Å². The molecule has 3 nitrogen and oxygen atoms in total. The van der Waals surface area contributed by atoms with Gasteiger partial charge < -0.3 is 10.6 Å². The van der Waals surface area contributed by atoms with Crippen molar-refractivity contribution in [1.82, 2.24) is 10.6 Å². The van der Waals surface area contributed by atoms with Gasteiger partial charge in [0.1, 0.15) is 0 Å². The van der Waals surface area contributed by atoms with E-state index in [0.717, 1.165) is 25.9 Å². The summed E-state index contributed by atoms with van der Waals surface area (Å²) in [6, 6.07) is 0. The van der Waals surface area contributed by atoms with Gasteiger partial charge in [-0.15, -0.1) is 13.2 Å². The van der Waals surface area contributed by atoms with Crippen LogP contribution in [0.1, 0.15) is 12.8 Å². The Hall–Kier alpha value is -0.830. The van der Waals surface area contributed by atoms with Gasteiger partial charge in [-0.05, 0) is 12.8 Å². The number of carbonyl (C=O) groups is 1. The molecule has 0 aromatic rings. The van der Waals surface area contributed by atoms with Gasteiger partial charge in [-0.25, -0.2) is 0 Å². The molecular weight excluding hydrogens is 140 g/mol. The maximum Gasteiger partial charge on any atom is 0.240 e. The number of rotatable bonds is 0. The van der Waals surface area contributed by atoms with Gasteiger partial charge in [0.15, 0.2) is 0 Å². The van der Waals surface area contributed by atoms with Gasteiger partial charge in [0.2, 0.25) is 5.91 Å². The molecule has 2 aliphatic rings. The average molecular weight is 154 g/mol. The fourth-order valence-electron chi connectivity index (χ4n) is 1.26. The van der Waals surface area contributed by atoms with Gasteiger partial charge in [0.25, 0.3) is 0 Å². The summed E-state index contributed by atoms with van der Waals surface area (Å²) in [7, 11) is 0. The first-order chi connectivity index (χ1) is 5.33. The lowest BCUT2D eigenvalue weighted by molar-refractivity contribution is -0.125. The highest BCUT2D eigenvalue weighted by Gasteiger charge is 2.50. The van der Waals surface area contributed by atoms with Crippen molar-refractivity contribution in [3.05, 3.63) is 13.2 Å². The van der Waals surface area contributed by atoms with Crippen molar-refractivity contribution in [1.29, 1.82) is 0 Å². The molecule has 2 rings (SSSR count). The first kappa shape index (κ1) is 8.27. The second-order valence-electron chi connectivity index (χ2n) is 2.76. The summed E-state index contributed by atoms with van der Waals surface area (Å²) in [6.45, 7) is 7.73. The maximum atomic E-state index is 11.0.